The third kappa shape index (κ3) is 3.22. The van der Waals surface area contributed by atoms with Crippen LogP contribution in [0.15, 0.2) is 18.2 Å². The molecule has 0 fully saturated rings. The molecule has 0 aromatic heterocycles. The van der Waals surface area contributed by atoms with Crippen molar-refractivity contribution in [3.63, 3.8) is 0 Å². The van der Waals surface area contributed by atoms with Gasteiger partial charge in [0.15, 0.2) is 0 Å². The van der Waals surface area contributed by atoms with Crippen LogP contribution in [0.1, 0.15) is 30.9 Å². The topological polar surface area (TPSA) is 9.23 Å². The third-order valence-electron chi connectivity index (χ3n) is 2.12. The molecule has 0 bridgehead atoms. The molecule has 0 unspecified atom stereocenters. The Morgan fingerprint density at radius 2 is 2.14 bits per heavy atom. The van der Waals surface area contributed by atoms with Gasteiger partial charge in [-0.05, 0) is 19.4 Å². The first kappa shape index (κ1) is 11.4. The van der Waals surface area contributed by atoms with Gasteiger partial charge in [0.1, 0.15) is 5.75 Å². The van der Waals surface area contributed by atoms with Crippen LogP contribution in [0.25, 0.3) is 0 Å². The van der Waals surface area contributed by atoms with E-state index in [4.69, 9.17) is 16.3 Å². The summed E-state index contributed by atoms with van der Waals surface area (Å²) in [5.74, 6) is 1.45. The van der Waals surface area contributed by atoms with Crippen LogP contribution in [0.3, 0.4) is 0 Å². The first-order valence-electron chi connectivity index (χ1n) is 5.06. The van der Waals surface area contributed by atoms with Gasteiger partial charge in [-0.2, -0.15) is 0 Å². The average Bonchev–Trinajstić information content (AvgIpc) is 2.20. The number of alkyl halides is 1. The zero-order valence-corrected chi connectivity index (χ0v) is 9.60. The zero-order chi connectivity index (χ0) is 10.4. The molecule has 78 valence electrons. The molecule has 0 saturated heterocycles. The van der Waals surface area contributed by atoms with E-state index in [2.05, 4.69) is 26.0 Å². The van der Waals surface area contributed by atoms with Crippen molar-refractivity contribution in [2.75, 3.05) is 6.61 Å². The second-order valence-electron chi connectivity index (χ2n) is 3.45. The lowest BCUT2D eigenvalue weighted by molar-refractivity contribution is 0.307. The maximum absolute atomic E-state index is 5.84. The molecular weight excluding hydrogens is 196 g/mol. The Balaban J connectivity index is 2.65. The van der Waals surface area contributed by atoms with E-state index in [0.717, 1.165) is 30.8 Å². The number of rotatable bonds is 5. The van der Waals surface area contributed by atoms with Crippen molar-refractivity contribution in [2.45, 2.75) is 32.6 Å². The van der Waals surface area contributed by atoms with Gasteiger partial charge < -0.3 is 4.74 Å². The van der Waals surface area contributed by atoms with E-state index < -0.39 is 0 Å². The second kappa shape index (κ2) is 5.92. The number of aryl methyl sites for hydroxylation is 1. The average molecular weight is 213 g/mol. The summed E-state index contributed by atoms with van der Waals surface area (Å²) in [6.07, 6.45) is 2.25. The van der Waals surface area contributed by atoms with Gasteiger partial charge in [-0.3, -0.25) is 0 Å². The van der Waals surface area contributed by atoms with Crippen LogP contribution in [-0.2, 0) is 5.88 Å². The molecule has 0 spiro atoms. The molecule has 0 amide bonds. The van der Waals surface area contributed by atoms with E-state index >= 15 is 0 Å². The summed E-state index contributed by atoms with van der Waals surface area (Å²) in [5.41, 5.74) is 2.31. The van der Waals surface area contributed by atoms with Crippen molar-refractivity contribution in [1.29, 1.82) is 0 Å². The molecule has 1 rings (SSSR count). The lowest BCUT2D eigenvalue weighted by atomic mass is 10.1. The maximum atomic E-state index is 5.84. The van der Waals surface area contributed by atoms with Crippen molar-refractivity contribution in [3.05, 3.63) is 29.3 Å². The minimum Gasteiger partial charge on any atom is -0.493 e. The van der Waals surface area contributed by atoms with Crippen molar-refractivity contribution in [3.8, 4) is 5.75 Å². The SMILES string of the molecule is CCCCOc1ccc(C)cc1CCl. The number of hydrogen-bond acceptors (Lipinski definition) is 1. The molecular formula is C12H17ClO. The number of unbranched alkanes of at least 4 members (excludes halogenated alkanes) is 1. The highest BCUT2D eigenvalue weighted by atomic mass is 35.5. The van der Waals surface area contributed by atoms with Crippen LogP contribution in [-0.4, -0.2) is 6.61 Å². The van der Waals surface area contributed by atoms with E-state index in [9.17, 15) is 0 Å². The van der Waals surface area contributed by atoms with E-state index in [0.29, 0.717) is 5.88 Å². The molecule has 0 atom stereocenters. The first-order valence-corrected chi connectivity index (χ1v) is 5.59. The standard InChI is InChI=1S/C12H17ClO/c1-3-4-7-14-12-6-5-10(2)8-11(12)9-13/h5-6,8H,3-4,7,9H2,1-2H3. The molecule has 1 aromatic rings. The van der Waals surface area contributed by atoms with Crippen molar-refractivity contribution >= 4 is 11.6 Å². The Morgan fingerprint density at radius 3 is 2.79 bits per heavy atom. The molecule has 1 nitrogen and oxygen atoms in total. The molecule has 0 saturated carbocycles. The fourth-order valence-corrected chi connectivity index (χ4v) is 1.49. The molecule has 0 aliphatic rings. The van der Waals surface area contributed by atoms with Crippen LogP contribution >= 0.6 is 11.6 Å². The Kier molecular flexibility index (Phi) is 4.81. The Hall–Kier alpha value is -0.690. The van der Waals surface area contributed by atoms with E-state index in [1.54, 1.807) is 0 Å². The van der Waals surface area contributed by atoms with Gasteiger partial charge in [-0.1, -0.05) is 31.0 Å². The summed E-state index contributed by atoms with van der Waals surface area (Å²) in [4.78, 5) is 0. The maximum Gasteiger partial charge on any atom is 0.123 e. The molecule has 0 N–H and O–H groups in total. The minimum atomic E-state index is 0.517. The van der Waals surface area contributed by atoms with Crippen LogP contribution in [0.4, 0.5) is 0 Å². The highest BCUT2D eigenvalue weighted by molar-refractivity contribution is 6.17. The molecule has 0 radical (unpaired) electrons. The normalized spacial score (nSPS) is 10.2. The van der Waals surface area contributed by atoms with Crippen LogP contribution in [0, 0.1) is 6.92 Å². The van der Waals surface area contributed by atoms with Gasteiger partial charge in [0.2, 0.25) is 0 Å². The number of hydrogen-bond donors (Lipinski definition) is 0. The molecule has 0 aliphatic heterocycles. The Bertz CT molecular complexity index is 284. The van der Waals surface area contributed by atoms with Crippen molar-refractivity contribution < 1.29 is 4.74 Å². The van der Waals surface area contributed by atoms with Gasteiger partial charge in [0.05, 0.1) is 12.5 Å². The van der Waals surface area contributed by atoms with Gasteiger partial charge in [-0.15, -0.1) is 11.6 Å². The molecule has 0 aliphatic carbocycles. The number of halogens is 1. The zero-order valence-electron chi connectivity index (χ0n) is 8.85. The number of ether oxygens (including phenoxy) is 1. The monoisotopic (exact) mass is 212 g/mol. The largest absolute Gasteiger partial charge is 0.493 e. The highest BCUT2D eigenvalue weighted by Gasteiger charge is 2.02. The third-order valence-corrected chi connectivity index (χ3v) is 2.40. The Labute approximate surface area is 91.0 Å². The van der Waals surface area contributed by atoms with Gasteiger partial charge in [0.25, 0.3) is 0 Å². The van der Waals surface area contributed by atoms with Crippen LogP contribution in [0.5, 0.6) is 5.75 Å². The molecule has 14 heavy (non-hydrogen) atoms. The summed E-state index contributed by atoms with van der Waals surface area (Å²) < 4.78 is 5.64. The van der Waals surface area contributed by atoms with E-state index in [1.165, 1.54) is 5.56 Å². The fourth-order valence-electron chi connectivity index (χ4n) is 1.28. The minimum absolute atomic E-state index is 0.517. The summed E-state index contributed by atoms with van der Waals surface area (Å²) in [6.45, 7) is 5.00. The fraction of sp³-hybridized carbons (Fsp3) is 0.500. The highest BCUT2D eigenvalue weighted by Crippen LogP contribution is 2.21. The van der Waals surface area contributed by atoms with Crippen molar-refractivity contribution in [2.24, 2.45) is 0 Å². The first-order chi connectivity index (χ1) is 6.77. The second-order valence-corrected chi connectivity index (χ2v) is 3.71. The summed E-state index contributed by atoms with van der Waals surface area (Å²) in [6, 6.07) is 6.13. The molecule has 1 aromatic carbocycles. The molecule has 0 heterocycles. The Morgan fingerprint density at radius 1 is 1.36 bits per heavy atom. The number of benzene rings is 1. The summed E-state index contributed by atoms with van der Waals surface area (Å²) in [5, 5.41) is 0. The van der Waals surface area contributed by atoms with Crippen LogP contribution < -0.4 is 4.74 Å². The van der Waals surface area contributed by atoms with Crippen LogP contribution in [0.2, 0.25) is 0 Å². The smallest absolute Gasteiger partial charge is 0.123 e. The summed E-state index contributed by atoms with van der Waals surface area (Å²) in [7, 11) is 0. The summed E-state index contributed by atoms with van der Waals surface area (Å²) >= 11 is 5.84. The van der Waals surface area contributed by atoms with Gasteiger partial charge in [-0.25, -0.2) is 0 Å². The predicted octanol–water partition coefficient (Wildman–Crippen LogP) is 3.91. The van der Waals surface area contributed by atoms with E-state index in [-0.39, 0.29) is 0 Å². The van der Waals surface area contributed by atoms with E-state index in [1.807, 2.05) is 6.07 Å². The van der Waals surface area contributed by atoms with Crippen molar-refractivity contribution in [1.82, 2.24) is 0 Å². The van der Waals surface area contributed by atoms with Gasteiger partial charge >= 0.3 is 0 Å². The lowest BCUT2D eigenvalue weighted by Crippen LogP contribution is -1.99. The lowest BCUT2D eigenvalue weighted by Gasteiger charge is -2.09. The predicted molar refractivity (Wildman–Crippen MR) is 61.1 cm³/mol. The molecule has 2 heteroatoms. The quantitative estimate of drug-likeness (QED) is 0.531. The van der Waals surface area contributed by atoms with Gasteiger partial charge in [0, 0.05) is 5.56 Å².